The molecule has 2 aromatic heterocycles. The summed E-state index contributed by atoms with van der Waals surface area (Å²) in [5.74, 6) is -0.0728. The smallest absolute Gasteiger partial charge is 0.338 e. The Hall–Kier alpha value is -3.91. The molecule has 9 heteroatoms. The van der Waals surface area contributed by atoms with Crippen molar-refractivity contribution in [3.8, 4) is 17.1 Å². The van der Waals surface area contributed by atoms with Gasteiger partial charge in [-0.3, -0.25) is 9.78 Å². The van der Waals surface area contributed by atoms with Gasteiger partial charge in [-0.25, -0.2) is 9.78 Å². The largest absolute Gasteiger partial charge is 0.495 e. The quantitative estimate of drug-likeness (QED) is 0.398. The minimum Gasteiger partial charge on any atom is -0.495 e. The predicted octanol–water partition coefficient (Wildman–Crippen LogP) is 4.78. The van der Waals surface area contributed by atoms with Crippen LogP contribution >= 0.6 is 11.6 Å². The Balaban J connectivity index is 1.47. The molecule has 2 N–H and O–H groups in total. The van der Waals surface area contributed by atoms with E-state index in [1.165, 1.54) is 14.0 Å². The number of halogens is 1. The maximum atomic E-state index is 12.7. The van der Waals surface area contributed by atoms with E-state index in [0.29, 0.717) is 38.9 Å². The summed E-state index contributed by atoms with van der Waals surface area (Å²) in [5, 5.41) is 3.23. The van der Waals surface area contributed by atoms with Crippen LogP contribution in [0.1, 0.15) is 22.8 Å². The molecule has 0 aliphatic carbocycles. The number of aryl methyl sites for hydroxylation is 1. The Morgan fingerprint density at radius 2 is 2.00 bits per heavy atom. The molecule has 2 heterocycles. The van der Waals surface area contributed by atoms with Crippen molar-refractivity contribution in [1.82, 2.24) is 15.0 Å². The van der Waals surface area contributed by atoms with Crippen LogP contribution in [0.25, 0.3) is 22.4 Å². The normalized spacial score (nSPS) is 11.8. The van der Waals surface area contributed by atoms with Crippen molar-refractivity contribution >= 4 is 40.2 Å². The highest BCUT2D eigenvalue weighted by molar-refractivity contribution is 6.31. The van der Waals surface area contributed by atoms with Gasteiger partial charge in [0.2, 0.25) is 0 Å². The molecule has 0 saturated heterocycles. The van der Waals surface area contributed by atoms with Crippen LogP contribution in [-0.4, -0.2) is 40.0 Å². The first-order chi connectivity index (χ1) is 15.9. The molecule has 0 aliphatic heterocycles. The first kappa shape index (κ1) is 22.3. The molecule has 0 fully saturated rings. The second-order valence-electron chi connectivity index (χ2n) is 7.40. The maximum Gasteiger partial charge on any atom is 0.338 e. The third-order valence-corrected chi connectivity index (χ3v) is 5.45. The van der Waals surface area contributed by atoms with E-state index in [1.54, 1.807) is 42.7 Å². The van der Waals surface area contributed by atoms with Crippen molar-refractivity contribution in [3.63, 3.8) is 0 Å². The van der Waals surface area contributed by atoms with Crippen LogP contribution < -0.4 is 10.1 Å². The molecule has 0 aliphatic rings. The molecule has 33 heavy (non-hydrogen) atoms. The van der Waals surface area contributed by atoms with Crippen molar-refractivity contribution in [3.05, 3.63) is 71.0 Å². The fourth-order valence-corrected chi connectivity index (χ4v) is 3.38. The number of amides is 1. The Morgan fingerprint density at radius 1 is 1.18 bits per heavy atom. The molecular formula is C24H21ClN4O4. The number of aromatic amines is 1. The third-order valence-electron chi connectivity index (χ3n) is 5.04. The van der Waals surface area contributed by atoms with E-state index >= 15 is 0 Å². The monoisotopic (exact) mass is 464 g/mol. The molecule has 0 bridgehead atoms. The summed E-state index contributed by atoms with van der Waals surface area (Å²) in [5.41, 5.74) is 3.70. The van der Waals surface area contributed by atoms with Crippen molar-refractivity contribution in [2.24, 2.45) is 0 Å². The zero-order chi connectivity index (χ0) is 23.5. The number of rotatable bonds is 6. The predicted molar refractivity (Wildman–Crippen MR) is 126 cm³/mol. The molecule has 0 radical (unpaired) electrons. The summed E-state index contributed by atoms with van der Waals surface area (Å²) in [4.78, 5) is 37.1. The van der Waals surface area contributed by atoms with Gasteiger partial charge in [-0.15, -0.1) is 0 Å². The number of nitrogens with one attached hydrogen (secondary N) is 2. The number of hydrogen-bond acceptors (Lipinski definition) is 6. The molecule has 8 nitrogen and oxygen atoms in total. The van der Waals surface area contributed by atoms with Gasteiger partial charge in [0.1, 0.15) is 11.6 Å². The summed E-state index contributed by atoms with van der Waals surface area (Å²) in [6.45, 7) is 3.31. The zero-order valence-electron chi connectivity index (χ0n) is 18.2. The van der Waals surface area contributed by atoms with Gasteiger partial charge in [-0.05, 0) is 55.8 Å². The number of H-pyrrole nitrogens is 1. The van der Waals surface area contributed by atoms with Crippen LogP contribution in [0.15, 0.2) is 54.9 Å². The van der Waals surface area contributed by atoms with E-state index in [2.05, 4.69) is 20.3 Å². The summed E-state index contributed by atoms with van der Waals surface area (Å²) in [7, 11) is 1.48. The lowest BCUT2D eigenvalue weighted by Crippen LogP contribution is -2.30. The van der Waals surface area contributed by atoms with Gasteiger partial charge in [-0.1, -0.05) is 11.6 Å². The lowest BCUT2D eigenvalue weighted by molar-refractivity contribution is -0.123. The van der Waals surface area contributed by atoms with Gasteiger partial charge in [0, 0.05) is 29.0 Å². The summed E-state index contributed by atoms with van der Waals surface area (Å²) in [6, 6.07) is 12.0. The number of aromatic nitrogens is 3. The third kappa shape index (κ3) is 4.80. The van der Waals surface area contributed by atoms with Gasteiger partial charge < -0.3 is 19.8 Å². The second-order valence-corrected chi connectivity index (χ2v) is 7.80. The lowest BCUT2D eigenvalue weighted by atomic mass is 10.2. The first-order valence-electron chi connectivity index (χ1n) is 10.1. The minimum atomic E-state index is -1.04. The van der Waals surface area contributed by atoms with E-state index in [0.717, 1.165) is 11.1 Å². The fraction of sp³-hybridized carbons (Fsp3) is 0.167. The number of pyridine rings is 1. The fourth-order valence-electron chi connectivity index (χ4n) is 3.22. The van der Waals surface area contributed by atoms with E-state index in [1.807, 2.05) is 19.1 Å². The van der Waals surface area contributed by atoms with Gasteiger partial charge in [0.05, 0.1) is 29.4 Å². The molecule has 0 saturated carbocycles. The van der Waals surface area contributed by atoms with E-state index in [4.69, 9.17) is 21.1 Å². The average molecular weight is 465 g/mol. The van der Waals surface area contributed by atoms with Gasteiger partial charge in [0.25, 0.3) is 5.91 Å². The van der Waals surface area contributed by atoms with Gasteiger partial charge in [0.15, 0.2) is 6.10 Å². The minimum absolute atomic E-state index is 0.295. The number of carbonyl (C=O) groups excluding carboxylic acids is 2. The highest BCUT2D eigenvalue weighted by Crippen LogP contribution is 2.31. The zero-order valence-corrected chi connectivity index (χ0v) is 18.9. The summed E-state index contributed by atoms with van der Waals surface area (Å²) < 4.78 is 10.6. The Morgan fingerprint density at radius 3 is 2.73 bits per heavy atom. The number of anilines is 1. The topological polar surface area (TPSA) is 106 Å². The van der Waals surface area contributed by atoms with Crippen molar-refractivity contribution in [1.29, 1.82) is 0 Å². The summed E-state index contributed by atoms with van der Waals surface area (Å²) in [6.07, 6.45) is 2.34. The number of methoxy groups -OCH3 is 1. The highest BCUT2D eigenvalue weighted by Gasteiger charge is 2.21. The van der Waals surface area contributed by atoms with E-state index in [9.17, 15) is 9.59 Å². The number of imidazole rings is 1. The number of ether oxygens (including phenoxy) is 2. The molecule has 0 spiro atoms. The van der Waals surface area contributed by atoms with Gasteiger partial charge in [-0.2, -0.15) is 0 Å². The lowest BCUT2D eigenvalue weighted by Gasteiger charge is -2.16. The summed E-state index contributed by atoms with van der Waals surface area (Å²) >= 11 is 6.11. The highest BCUT2D eigenvalue weighted by atomic mass is 35.5. The van der Waals surface area contributed by atoms with Crippen LogP contribution in [0.2, 0.25) is 5.02 Å². The molecule has 1 amide bonds. The number of nitrogens with zero attached hydrogens (tertiary/aromatic N) is 2. The Bertz CT molecular complexity index is 1340. The van der Waals surface area contributed by atoms with Crippen molar-refractivity contribution in [2.75, 3.05) is 12.4 Å². The molecule has 168 valence electrons. The van der Waals surface area contributed by atoms with Crippen LogP contribution in [-0.2, 0) is 9.53 Å². The number of hydrogen-bond donors (Lipinski definition) is 2. The van der Waals surface area contributed by atoms with Crippen LogP contribution in [0.3, 0.4) is 0 Å². The average Bonchev–Trinajstić information content (AvgIpc) is 3.25. The number of benzene rings is 2. The molecule has 4 aromatic rings. The molecule has 2 aromatic carbocycles. The molecule has 4 rings (SSSR count). The first-order valence-corrected chi connectivity index (χ1v) is 10.5. The van der Waals surface area contributed by atoms with Crippen molar-refractivity contribution < 1.29 is 19.1 Å². The number of esters is 1. The molecule has 1 unspecified atom stereocenters. The Labute approximate surface area is 194 Å². The number of fused-ring (bicyclic) bond motifs is 1. The van der Waals surface area contributed by atoms with Crippen LogP contribution in [0.4, 0.5) is 5.69 Å². The maximum absolute atomic E-state index is 12.7. The SMILES string of the molecule is COc1cc(Cl)c(C)cc1NC(=O)C(C)OC(=O)c1ccc2nc(-c3cccnc3)[nH]c2c1. The van der Waals surface area contributed by atoms with Gasteiger partial charge >= 0.3 is 5.97 Å². The van der Waals surface area contributed by atoms with E-state index < -0.39 is 18.0 Å². The number of carbonyl (C=O) groups is 2. The molecular weight excluding hydrogens is 444 g/mol. The Kier molecular flexibility index (Phi) is 6.28. The molecule has 1 atom stereocenters. The standard InChI is InChI=1S/C24H21ClN4O4/c1-13-9-20(21(32-3)11-17(13)25)29-23(30)14(2)33-24(31)15-6-7-18-19(10-15)28-22(27-18)16-5-4-8-26-12-16/h4-12,14H,1-3H3,(H,27,28)(H,29,30). The second kappa shape index (κ2) is 9.30. The van der Waals surface area contributed by atoms with Crippen molar-refractivity contribution in [2.45, 2.75) is 20.0 Å². The van der Waals surface area contributed by atoms with Crippen LogP contribution in [0.5, 0.6) is 5.75 Å². The van der Waals surface area contributed by atoms with E-state index in [-0.39, 0.29) is 0 Å². The van der Waals surface area contributed by atoms with Crippen LogP contribution in [0, 0.1) is 6.92 Å².